The van der Waals surface area contributed by atoms with Crippen LogP contribution in [0.15, 0.2) is 24.3 Å². The maximum absolute atomic E-state index is 11.8. The largest absolute Gasteiger partial charge is 0.377 e. The molecule has 1 aromatic carbocycles. The van der Waals surface area contributed by atoms with E-state index in [1.807, 2.05) is 12.1 Å². The molecule has 1 heterocycles. The van der Waals surface area contributed by atoms with Crippen molar-refractivity contribution in [3.8, 4) is 0 Å². The van der Waals surface area contributed by atoms with E-state index in [0.717, 1.165) is 25.0 Å². The summed E-state index contributed by atoms with van der Waals surface area (Å²) in [6, 6.07) is 8.39. The van der Waals surface area contributed by atoms with Crippen LogP contribution in [0.4, 0.5) is 0 Å². The minimum Gasteiger partial charge on any atom is -0.377 e. The zero-order valence-corrected chi connectivity index (χ0v) is 12.3. The van der Waals surface area contributed by atoms with E-state index in [1.165, 1.54) is 5.56 Å². The lowest BCUT2D eigenvalue weighted by molar-refractivity contribution is -0.120. The molecule has 2 unspecified atom stereocenters. The van der Waals surface area contributed by atoms with Gasteiger partial charge in [0.1, 0.15) is 0 Å². The van der Waals surface area contributed by atoms with Gasteiger partial charge < -0.3 is 15.4 Å². The lowest BCUT2D eigenvalue weighted by Gasteiger charge is -2.19. The molecule has 1 aromatic rings. The molecule has 0 aromatic heterocycles. The quantitative estimate of drug-likeness (QED) is 0.832. The van der Waals surface area contributed by atoms with Crippen molar-refractivity contribution in [3.63, 3.8) is 0 Å². The van der Waals surface area contributed by atoms with E-state index in [4.69, 9.17) is 4.74 Å². The monoisotopic (exact) mass is 276 g/mol. The van der Waals surface area contributed by atoms with Gasteiger partial charge in [0.05, 0.1) is 12.6 Å². The summed E-state index contributed by atoms with van der Waals surface area (Å²) in [6.07, 6.45) is 2.45. The number of nitrogens with one attached hydrogen (secondary N) is 2. The lowest BCUT2D eigenvalue weighted by atomic mass is 10.1. The summed E-state index contributed by atoms with van der Waals surface area (Å²) in [4.78, 5) is 11.8. The predicted octanol–water partition coefficient (Wildman–Crippen LogP) is 1.77. The van der Waals surface area contributed by atoms with Crippen molar-refractivity contribution in [2.75, 3.05) is 13.2 Å². The van der Waals surface area contributed by atoms with E-state index in [2.05, 4.69) is 36.6 Å². The van der Waals surface area contributed by atoms with Crippen molar-refractivity contribution in [1.82, 2.24) is 10.6 Å². The Labute approximate surface area is 120 Å². The van der Waals surface area contributed by atoms with E-state index in [0.29, 0.717) is 13.1 Å². The fourth-order valence-corrected chi connectivity index (χ4v) is 2.47. The Morgan fingerprint density at radius 1 is 1.50 bits per heavy atom. The minimum absolute atomic E-state index is 0.0244. The summed E-state index contributed by atoms with van der Waals surface area (Å²) in [5, 5.41) is 6.16. The molecule has 2 atom stereocenters. The zero-order chi connectivity index (χ0) is 14.4. The normalized spacial score (nSPS) is 19.8. The van der Waals surface area contributed by atoms with Gasteiger partial charge in [-0.3, -0.25) is 4.79 Å². The Bertz CT molecular complexity index is 442. The summed E-state index contributed by atoms with van der Waals surface area (Å²) in [7, 11) is 0. The lowest BCUT2D eigenvalue weighted by Crippen LogP contribution is -2.42. The summed E-state index contributed by atoms with van der Waals surface area (Å²) < 4.78 is 5.60. The van der Waals surface area contributed by atoms with Crippen molar-refractivity contribution in [2.24, 2.45) is 0 Å². The van der Waals surface area contributed by atoms with Crippen LogP contribution in [-0.4, -0.2) is 31.2 Å². The average molecular weight is 276 g/mol. The fourth-order valence-electron chi connectivity index (χ4n) is 2.47. The van der Waals surface area contributed by atoms with E-state index >= 15 is 0 Å². The Morgan fingerprint density at radius 2 is 2.35 bits per heavy atom. The molecule has 2 N–H and O–H groups in total. The van der Waals surface area contributed by atoms with E-state index < -0.39 is 0 Å². The van der Waals surface area contributed by atoms with Gasteiger partial charge >= 0.3 is 0 Å². The summed E-state index contributed by atoms with van der Waals surface area (Å²) in [5.74, 6) is 0.0244. The van der Waals surface area contributed by atoms with Crippen LogP contribution < -0.4 is 10.6 Å². The first-order valence-corrected chi connectivity index (χ1v) is 7.32. The number of aryl methyl sites for hydroxylation is 1. The van der Waals surface area contributed by atoms with Crippen molar-refractivity contribution < 1.29 is 9.53 Å². The fraction of sp³-hybridized carbons (Fsp3) is 0.562. The first kappa shape index (κ1) is 15.0. The highest BCUT2D eigenvalue weighted by Crippen LogP contribution is 2.15. The van der Waals surface area contributed by atoms with E-state index in [1.54, 1.807) is 0 Å². The molecule has 1 saturated heterocycles. The van der Waals surface area contributed by atoms with Gasteiger partial charge in [0.25, 0.3) is 0 Å². The van der Waals surface area contributed by atoms with Gasteiger partial charge in [0.15, 0.2) is 0 Å². The maximum Gasteiger partial charge on any atom is 0.234 e. The SMILES string of the molecule is Cc1cccc(CNC(=O)CNC(C)C2CCCO2)c1. The van der Waals surface area contributed by atoms with Gasteiger partial charge in [0, 0.05) is 19.2 Å². The number of hydrogen-bond acceptors (Lipinski definition) is 3. The molecule has 1 amide bonds. The highest BCUT2D eigenvalue weighted by atomic mass is 16.5. The van der Waals surface area contributed by atoms with Crippen LogP contribution in [0.2, 0.25) is 0 Å². The molecule has 0 aliphatic carbocycles. The molecular formula is C16H24N2O2. The van der Waals surface area contributed by atoms with Crippen LogP contribution in [0.5, 0.6) is 0 Å². The molecule has 110 valence electrons. The third-order valence-electron chi connectivity index (χ3n) is 3.68. The summed E-state index contributed by atoms with van der Waals surface area (Å²) in [6.45, 7) is 5.89. The molecule has 0 bridgehead atoms. The molecule has 1 fully saturated rings. The first-order chi connectivity index (χ1) is 9.65. The van der Waals surface area contributed by atoms with Crippen LogP contribution in [0.3, 0.4) is 0 Å². The van der Waals surface area contributed by atoms with Crippen molar-refractivity contribution in [1.29, 1.82) is 0 Å². The van der Waals surface area contributed by atoms with Gasteiger partial charge in [-0.25, -0.2) is 0 Å². The number of carbonyl (C=O) groups is 1. The van der Waals surface area contributed by atoms with Gasteiger partial charge in [-0.2, -0.15) is 0 Å². The standard InChI is InChI=1S/C16H24N2O2/c1-12-5-3-6-14(9-12)10-18-16(19)11-17-13(2)15-7-4-8-20-15/h3,5-6,9,13,15,17H,4,7-8,10-11H2,1-2H3,(H,18,19). The third kappa shape index (κ3) is 4.62. The van der Waals surface area contributed by atoms with Crippen molar-refractivity contribution in [3.05, 3.63) is 35.4 Å². The Hall–Kier alpha value is -1.39. The Balaban J connectivity index is 1.67. The van der Waals surface area contributed by atoms with E-state index in [-0.39, 0.29) is 18.1 Å². The topological polar surface area (TPSA) is 50.4 Å². The molecular weight excluding hydrogens is 252 g/mol. The molecule has 2 rings (SSSR count). The second kappa shape index (κ2) is 7.41. The van der Waals surface area contributed by atoms with Crippen LogP contribution in [0.25, 0.3) is 0 Å². The Morgan fingerprint density at radius 3 is 3.05 bits per heavy atom. The van der Waals surface area contributed by atoms with Crippen molar-refractivity contribution in [2.45, 2.75) is 45.4 Å². The van der Waals surface area contributed by atoms with Crippen LogP contribution >= 0.6 is 0 Å². The van der Waals surface area contributed by atoms with Gasteiger partial charge in [-0.05, 0) is 32.3 Å². The molecule has 4 nitrogen and oxygen atoms in total. The molecule has 1 aliphatic heterocycles. The molecule has 0 radical (unpaired) electrons. The highest BCUT2D eigenvalue weighted by molar-refractivity contribution is 5.78. The number of rotatable bonds is 6. The van der Waals surface area contributed by atoms with Crippen LogP contribution in [0, 0.1) is 6.92 Å². The van der Waals surface area contributed by atoms with Gasteiger partial charge in [-0.1, -0.05) is 29.8 Å². The van der Waals surface area contributed by atoms with Gasteiger partial charge in [0.2, 0.25) is 5.91 Å². The third-order valence-corrected chi connectivity index (χ3v) is 3.68. The number of amides is 1. The Kier molecular flexibility index (Phi) is 5.56. The van der Waals surface area contributed by atoms with Crippen molar-refractivity contribution >= 4 is 5.91 Å². The predicted molar refractivity (Wildman–Crippen MR) is 79.5 cm³/mol. The minimum atomic E-state index is 0.0244. The highest BCUT2D eigenvalue weighted by Gasteiger charge is 2.22. The number of ether oxygens (including phenoxy) is 1. The smallest absolute Gasteiger partial charge is 0.234 e. The van der Waals surface area contributed by atoms with Gasteiger partial charge in [-0.15, -0.1) is 0 Å². The summed E-state index contributed by atoms with van der Waals surface area (Å²) in [5.41, 5.74) is 2.34. The molecule has 20 heavy (non-hydrogen) atoms. The zero-order valence-electron chi connectivity index (χ0n) is 12.3. The molecule has 1 aliphatic rings. The number of carbonyl (C=O) groups excluding carboxylic acids is 1. The van der Waals surface area contributed by atoms with Crippen LogP contribution in [0.1, 0.15) is 30.9 Å². The second-order valence-corrected chi connectivity index (χ2v) is 5.49. The molecule has 0 saturated carbocycles. The molecule has 4 heteroatoms. The first-order valence-electron chi connectivity index (χ1n) is 7.32. The summed E-state index contributed by atoms with van der Waals surface area (Å²) >= 11 is 0. The average Bonchev–Trinajstić information content (AvgIpc) is 2.97. The second-order valence-electron chi connectivity index (χ2n) is 5.49. The number of benzene rings is 1. The van der Waals surface area contributed by atoms with E-state index in [9.17, 15) is 4.79 Å². The maximum atomic E-state index is 11.8. The van der Waals surface area contributed by atoms with Crippen LogP contribution in [-0.2, 0) is 16.1 Å². The number of hydrogen-bond donors (Lipinski definition) is 2. The molecule has 0 spiro atoms.